The van der Waals surface area contributed by atoms with E-state index in [1.807, 2.05) is 0 Å². The van der Waals surface area contributed by atoms with Crippen molar-refractivity contribution in [1.82, 2.24) is 0 Å². The zero-order chi connectivity index (χ0) is 7.98. The molecule has 4 heteroatoms. The molecule has 0 aliphatic rings. The Morgan fingerprint density at radius 1 is 1.50 bits per heavy atom. The predicted molar refractivity (Wildman–Crippen MR) is 36.5 cm³/mol. The van der Waals surface area contributed by atoms with Crippen LogP contribution in [-0.4, -0.2) is 5.12 Å². The number of carbonyl (C=O) groups excluding carboxylic acids is 1. The van der Waals surface area contributed by atoms with Crippen LogP contribution in [0.15, 0.2) is 12.2 Å². The van der Waals surface area contributed by atoms with Crippen molar-refractivity contribution in [3.05, 3.63) is 12.2 Å². The monoisotopic (exact) mass is 165 g/mol. The molecule has 0 saturated heterocycles. The summed E-state index contributed by atoms with van der Waals surface area (Å²) in [6, 6.07) is 0. The van der Waals surface area contributed by atoms with Crippen LogP contribution in [0.1, 0.15) is 19.3 Å². The van der Waals surface area contributed by atoms with Crippen LogP contribution in [-0.2, 0) is 17.4 Å². The van der Waals surface area contributed by atoms with E-state index in [4.69, 9.17) is 0 Å². The minimum Gasteiger partial charge on any atom is -0.742 e. The third-order valence-electron chi connectivity index (χ3n) is 0.884. The molecule has 0 spiro atoms. The first kappa shape index (κ1) is 9.49. The largest absolute Gasteiger partial charge is 0.742 e. The molecule has 0 aliphatic carbocycles. The minimum atomic E-state index is -1.70. The van der Waals surface area contributed by atoms with E-state index < -0.39 is 6.08 Å². The molecule has 0 amide bonds. The van der Waals surface area contributed by atoms with Gasteiger partial charge in [-0.3, -0.25) is 0 Å². The molecule has 0 fully saturated rings. The first-order chi connectivity index (χ1) is 4.63. The smallest absolute Gasteiger partial charge is 0.266 e. The Labute approximate surface area is 63.5 Å². The number of hydrogen-bond acceptors (Lipinski definition) is 2. The van der Waals surface area contributed by atoms with Gasteiger partial charge in [0.25, 0.3) is 6.08 Å². The van der Waals surface area contributed by atoms with Gasteiger partial charge in [-0.05, 0) is 25.3 Å². The van der Waals surface area contributed by atoms with E-state index in [2.05, 4.69) is 12.6 Å². The Hall–Kier alpha value is -0.510. The number of hydrogen-bond donors (Lipinski definition) is 0. The Morgan fingerprint density at radius 3 is 2.50 bits per heavy atom. The fourth-order valence-corrected chi connectivity index (χ4v) is 0.602. The maximum Gasteiger partial charge on any atom is 0.266 e. The zero-order valence-electron chi connectivity index (χ0n) is 5.27. The highest BCUT2D eigenvalue weighted by Gasteiger charge is 1.88. The van der Waals surface area contributed by atoms with Crippen LogP contribution in [0.2, 0.25) is 0 Å². The van der Waals surface area contributed by atoms with Crippen molar-refractivity contribution in [2.24, 2.45) is 0 Å². The molecule has 58 valence electrons. The first-order valence-corrected chi connectivity index (χ1v) is 3.24. The highest BCUT2D eigenvalue weighted by Crippen LogP contribution is 2.03. The van der Waals surface area contributed by atoms with Crippen LogP contribution >= 0.6 is 0 Å². The quantitative estimate of drug-likeness (QED) is 0.468. The molecule has 0 N–H and O–H groups in total. The molecular formula is C6H7F2OS-. The molecule has 0 radical (unpaired) electrons. The van der Waals surface area contributed by atoms with Crippen molar-refractivity contribution in [3.63, 3.8) is 0 Å². The van der Waals surface area contributed by atoms with E-state index in [0.717, 1.165) is 6.08 Å². The van der Waals surface area contributed by atoms with Gasteiger partial charge in [0.1, 0.15) is 0 Å². The summed E-state index contributed by atoms with van der Waals surface area (Å²) in [7, 11) is 0. The van der Waals surface area contributed by atoms with Gasteiger partial charge < -0.3 is 17.4 Å². The molecule has 1 nitrogen and oxygen atoms in total. The van der Waals surface area contributed by atoms with Crippen LogP contribution in [0.5, 0.6) is 0 Å². The summed E-state index contributed by atoms with van der Waals surface area (Å²) in [6.45, 7) is 0. The van der Waals surface area contributed by atoms with Gasteiger partial charge in [0, 0.05) is 5.12 Å². The molecule has 0 bridgehead atoms. The highest BCUT2D eigenvalue weighted by atomic mass is 32.1. The number of unbranched alkanes of at least 4 members (excludes halogenated alkanes) is 1. The molecule has 0 atom stereocenters. The maximum absolute atomic E-state index is 11.3. The molecule has 0 unspecified atom stereocenters. The summed E-state index contributed by atoms with van der Waals surface area (Å²) in [6.07, 6.45) is -0.0567. The standard InChI is InChI=1S/C6H8F2OS/c7-5(8)3-1-2-4-6(9)10/h3H,1-2,4H2,(H,9,10)/p-1. The van der Waals surface area contributed by atoms with E-state index in [1.165, 1.54) is 0 Å². The summed E-state index contributed by atoms with van der Waals surface area (Å²) in [5, 5.41) is -0.368. The Balaban J connectivity index is 3.21. The van der Waals surface area contributed by atoms with Gasteiger partial charge >= 0.3 is 0 Å². The third kappa shape index (κ3) is 7.49. The minimum absolute atomic E-state index is 0.207. The van der Waals surface area contributed by atoms with Crippen molar-refractivity contribution in [3.8, 4) is 0 Å². The van der Waals surface area contributed by atoms with Crippen molar-refractivity contribution >= 4 is 17.7 Å². The van der Waals surface area contributed by atoms with Crippen molar-refractivity contribution in [2.45, 2.75) is 19.3 Å². The van der Waals surface area contributed by atoms with Crippen molar-refractivity contribution < 1.29 is 13.6 Å². The fourth-order valence-electron chi connectivity index (χ4n) is 0.458. The Bertz CT molecular complexity index is 141. The third-order valence-corrected chi connectivity index (χ3v) is 1.09. The normalized spacial score (nSPS) is 9.00. The summed E-state index contributed by atoms with van der Waals surface area (Å²) < 4.78 is 22.6. The van der Waals surface area contributed by atoms with Crippen molar-refractivity contribution in [1.29, 1.82) is 0 Å². The lowest BCUT2D eigenvalue weighted by molar-refractivity contribution is -0.110. The van der Waals surface area contributed by atoms with Crippen LogP contribution in [0, 0.1) is 0 Å². The van der Waals surface area contributed by atoms with E-state index >= 15 is 0 Å². The number of halogens is 2. The molecular weight excluding hydrogens is 158 g/mol. The second-order valence-corrected chi connectivity index (χ2v) is 2.21. The van der Waals surface area contributed by atoms with Gasteiger partial charge in [-0.25, -0.2) is 0 Å². The van der Waals surface area contributed by atoms with Crippen LogP contribution < -0.4 is 0 Å². The van der Waals surface area contributed by atoms with Crippen LogP contribution in [0.4, 0.5) is 8.78 Å². The summed E-state index contributed by atoms with van der Waals surface area (Å²) in [5.41, 5.74) is 0. The maximum atomic E-state index is 11.3. The van der Waals surface area contributed by atoms with E-state index in [0.29, 0.717) is 6.42 Å². The van der Waals surface area contributed by atoms with Gasteiger partial charge in [-0.2, -0.15) is 8.78 Å². The molecule has 0 aromatic heterocycles. The lowest BCUT2D eigenvalue weighted by Gasteiger charge is -1.99. The van der Waals surface area contributed by atoms with Crippen LogP contribution in [0.25, 0.3) is 0 Å². The summed E-state index contributed by atoms with van der Waals surface area (Å²) in [4.78, 5) is 10.1. The fraction of sp³-hybridized carbons (Fsp3) is 0.500. The Morgan fingerprint density at radius 2 is 2.10 bits per heavy atom. The molecule has 0 aromatic carbocycles. The molecule has 0 aliphatic heterocycles. The SMILES string of the molecule is O=C([S-])CCCC=C(F)F. The van der Waals surface area contributed by atoms with Gasteiger partial charge in [0.05, 0.1) is 0 Å². The predicted octanol–water partition coefficient (Wildman–Crippen LogP) is 2.01. The summed E-state index contributed by atoms with van der Waals surface area (Å²) >= 11 is 4.21. The molecule has 0 aromatic rings. The van der Waals surface area contributed by atoms with E-state index in [9.17, 15) is 13.6 Å². The molecule has 0 rings (SSSR count). The van der Waals surface area contributed by atoms with Crippen molar-refractivity contribution in [2.75, 3.05) is 0 Å². The lowest BCUT2D eigenvalue weighted by Crippen LogP contribution is -1.88. The number of allylic oxidation sites excluding steroid dienone is 1. The zero-order valence-corrected chi connectivity index (χ0v) is 6.09. The lowest BCUT2D eigenvalue weighted by atomic mass is 10.2. The number of carbonyl (C=O) groups is 1. The van der Waals surface area contributed by atoms with Gasteiger partial charge in [-0.1, -0.05) is 0 Å². The second kappa shape index (κ2) is 5.29. The van der Waals surface area contributed by atoms with Crippen LogP contribution in [0.3, 0.4) is 0 Å². The topological polar surface area (TPSA) is 17.1 Å². The molecule has 0 saturated carbocycles. The average Bonchev–Trinajstić information content (AvgIpc) is 1.79. The second-order valence-electron chi connectivity index (χ2n) is 1.76. The average molecular weight is 165 g/mol. The summed E-state index contributed by atoms with van der Waals surface area (Å²) in [5.74, 6) is 0. The van der Waals surface area contributed by atoms with E-state index in [1.54, 1.807) is 0 Å². The van der Waals surface area contributed by atoms with E-state index in [-0.39, 0.29) is 18.0 Å². The number of rotatable bonds is 4. The molecule has 0 heterocycles. The first-order valence-electron chi connectivity index (χ1n) is 2.84. The van der Waals surface area contributed by atoms with Gasteiger partial charge in [0.15, 0.2) is 0 Å². The van der Waals surface area contributed by atoms with Gasteiger partial charge in [0.2, 0.25) is 0 Å². The van der Waals surface area contributed by atoms with Gasteiger partial charge in [-0.15, -0.1) is 0 Å². The molecule has 10 heavy (non-hydrogen) atoms. The highest BCUT2D eigenvalue weighted by molar-refractivity contribution is 7.77. The Kier molecular flexibility index (Phi) is 5.02.